The van der Waals surface area contributed by atoms with Crippen molar-refractivity contribution >= 4 is 51.3 Å². The molecule has 1 saturated heterocycles. The molecule has 1 aliphatic rings. The number of carboxylic acid groups (broad SMARTS) is 1. The summed E-state index contributed by atoms with van der Waals surface area (Å²) in [4.78, 5) is 28.7. The molecule has 0 bridgehead atoms. The lowest BCUT2D eigenvalue weighted by molar-refractivity contribution is -0.136. The van der Waals surface area contributed by atoms with Crippen LogP contribution in [0.1, 0.15) is 22.3 Å². The first-order valence-electron chi connectivity index (χ1n) is 11.7. The maximum absolute atomic E-state index is 12.8. The second-order valence-corrected chi connectivity index (χ2v) is 9.76. The third-order valence-electron chi connectivity index (χ3n) is 5.85. The lowest BCUT2D eigenvalue weighted by atomic mass is 10.1. The minimum absolute atomic E-state index is 0.0463. The van der Waals surface area contributed by atoms with Crippen LogP contribution in [0.4, 0.5) is 5.69 Å². The van der Waals surface area contributed by atoms with Crippen LogP contribution in [0.25, 0.3) is 16.8 Å². The molecule has 4 aromatic carbocycles. The van der Waals surface area contributed by atoms with Crippen molar-refractivity contribution in [3.8, 4) is 5.75 Å². The summed E-state index contributed by atoms with van der Waals surface area (Å²) in [6.45, 7) is 2.47. The van der Waals surface area contributed by atoms with Crippen LogP contribution in [-0.4, -0.2) is 22.2 Å². The Morgan fingerprint density at radius 2 is 1.65 bits per heavy atom. The number of rotatable bonds is 7. The summed E-state index contributed by atoms with van der Waals surface area (Å²) in [6, 6.07) is 27.2. The molecule has 1 fully saturated rings. The molecule has 0 aromatic heterocycles. The Balaban J connectivity index is 1.40. The smallest absolute Gasteiger partial charge is 0.307 e. The lowest BCUT2D eigenvalue weighted by Gasteiger charge is -2.12. The van der Waals surface area contributed by atoms with E-state index in [0.717, 1.165) is 21.9 Å². The summed E-state index contributed by atoms with van der Waals surface area (Å²) in [5, 5.41) is 14.3. The summed E-state index contributed by atoms with van der Waals surface area (Å²) in [5.41, 5.74) is 4.38. The van der Waals surface area contributed by atoms with E-state index < -0.39 is 5.97 Å². The van der Waals surface area contributed by atoms with Crippen molar-refractivity contribution in [3.63, 3.8) is 0 Å². The second-order valence-electron chi connectivity index (χ2n) is 8.73. The van der Waals surface area contributed by atoms with Gasteiger partial charge in [0.15, 0.2) is 5.17 Å². The average Bonchev–Trinajstić information content (AvgIpc) is 3.22. The highest BCUT2D eigenvalue weighted by atomic mass is 32.2. The number of carbonyl (C=O) groups excluding carboxylic acids is 1. The molecule has 1 heterocycles. The minimum atomic E-state index is -0.886. The van der Waals surface area contributed by atoms with Crippen LogP contribution >= 0.6 is 11.8 Å². The fourth-order valence-corrected chi connectivity index (χ4v) is 4.75. The monoisotopic (exact) mass is 508 g/mol. The molecule has 0 saturated carbocycles. The van der Waals surface area contributed by atoms with E-state index in [1.807, 2.05) is 54.6 Å². The highest BCUT2D eigenvalue weighted by Gasteiger charge is 2.24. The molecule has 2 N–H and O–H groups in total. The highest BCUT2D eigenvalue weighted by Crippen LogP contribution is 2.33. The molecule has 0 radical (unpaired) electrons. The molecule has 1 aliphatic heterocycles. The van der Waals surface area contributed by atoms with Crippen molar-refractivity contribution in [2.75, 3.05) is 0 Å². The summed E-state index contributed by atoms with van der Waals surface area (Å²) >= 11 is 1.25. The molecule has 0 aliphatic carbocycles. The molecule has 4 aromatic rings. The number of nitrogens with one attached hydrogen (secondary N) is 1. The van der Waals surface area contributed by atoms with E-state index >= 15 is 0 Å². The summed E-state index contributed by atoms with van der Waals surface area (Å²) < 4.78 is 6.22. The number of ether oxygens (including phenoxy) is 1. The first-order chi connectivity index (χ1) is 17.9. The number of aliphatic imine (C=N–C) groups is 1. The van der Waals surface area contributed by atoms with E-state index in [1.54, 1.807) is 24.3 Å². The van der Waals surface area contributed by atoms with Gasteiger partial charge in [0, 0.05) is 5.56 Å². The number of amides is 1. The fourth-order valence-electron chi connectivity index (χ4n) is 3.92. The zero-order valence-corrected chi connectivity index (χ0v) is 20.9. The zero-order valence-electron chi connectivity index (χ0n) is 20.1. The van der Waals surface area contributed by atoms with Gasteiger partial charge in [-0.15, -0.1) is 0 Å². The van der Waals surface area contributed by atoms with Gasteiger partial charge >= 0.3 is 5.97 Å². The van der Waals surface area contributed by atoms with E-state index in [9.17, 15) is 9.59 Å². The Labute approximate surface area is 218 Å². The van der Waals surface area contributed by atoms with Crippen LogP contribution < -0.4 is 10.1 Å². The number of aryl methyl sites for hydroxylation is 1. The molecule has 37 heavy (non-hydrogen) atoms. The number of aliphatic carboxylic acids is 1. The van der Waals surface area contributed by atoms with Crippen molar-refractivity contribution in [3.05, 3.63) is 112 Å². The first kappa shape index (κ1) is 24.3. The first-order valence-corrected chi connectivity index (χ1v) is 12.6. The van der Waals surface area contributed by atoms with Gasteiger partial charge in [0.25, 0.3) is 5.91 Å². The summed E-state index contributed by atoms with van der Waals surface area (Å²) in [5.74, 6) is -0.424. The lowest BCUT2D eigenvalue weighted by Crippen LogP contribution is -2.19. The predicted octanol–water partition coefficient (Wildman–Crippen LogP) is 6.25. The molecule has 0 unspecified atom stereocenters. The van der Waals surface area contributed by atoms with Gasteiger partial charge in [0.05, 0.1) is 17.0 Å². The van der Waals surface area contributed by atoms with Crippen molar-refractivity contribution in [1.82, 2.24) is 5.32 Å². The third-order valence-corrected chi connectivity index (χ3v) is 6.76. The second kappa shape index (κ2) is 10.7. The van der Waals surface area contributed by atoms with Crippen LogP contribution in [0, 0.1) is 6.92 Å². The van der Waals surface area contributed by atoms with Gasteiger partial charge in [-0.1, -0.05) is 66.2 Å². The van der Waals surface area contributed by atoms with Crippen molar-refractivity contribution in [2.45, 2.75) is 20.0 Å². The minimum Gasteiger partial charge on any atom is -0.488 e. The van der Waals surface area contributed by atoms with Crippen molar-refractivity contribution in [2.24, 2.45) is 4.99 Å². The number of nitrogens with zero attached hydrogens (tertiary/aromatic N) is 1. The average molecular weight is 509 g/mol. The fraction of sp³-hybridized carbons (Fsp3) is 0.100. The van der Waals surface area contributed by atoms with E-state index in [1.165, 1.54) is 17.3 Å². The standard InChI is InChI=1S/C30H24N2O4S/c1-19-6-8-21(9-7-19)18-36-26-16-23-5-3-2-4-22(23)15-24(26)17-27-29(35)32-30(37-27)31-25-12-10-20(11-13-25)14-28(33)34/h2-13,15-17H,14,18H2,1H3,(H,33,34)(H,31,32,35). The van der Waals surface area contributed by atoms with Crippen LogP contribution in [0.3, 0.4) is 0 Å². The Bertz CT molecular complexity index is 1540. The number of carboxylic acids is 1. The predicted molar refractivity (Wildman–Crippen MR) is 148 cm³/mol. The number of hydrogen-bond donors (Lipinski definition) is 2. The van der Waals surface area contributed by atoms with Gasteiger partial charge in [0.1, 0.15) is 12.4 Å². The maximum Gasteiger partial charge on any atom is 0.307 e. The quantitative estimate of drug-likeness (QED) is 0.288. The van der Waals surface area contributed by atoms with E-state index in [2.05, 4.69) is 29.4 Å². The van der Waals surface area contributed by atoms with E-state index in [-0.39, 0.29) is 12.3 Å². The molecule has 0 atom stereocenters. The van der Waals surface area contributed by atoms with Gasteiger partial charge in [-0.3, -0.25) is 9.59 Å². The number of fused-ring (bicyclic) bond motifs is 1. The van der Waals surface area contributed by atoms with Gasteiger partial charge in [0.2, 0.25) is 0 Å². The van der Waals surface area contributed by atoms with E-state index in [4.69, 9.17) is 9.84 Å². The largest absolute Gasteiger partial charge is 0.488 e. The molecule has 6 nitrogen and oxygen atoms in total. The van der Waals surface area contributed by atoms with Gasteiger partial charge in [-0.05, 0) is 70.9 Å². The SMILES string of the molecule is Cc1ccc(COc2cc3ccccc3cc2C=C2SC(=Nc3ccc(CC(=O)O)cc3)NC2=O)cc1. The number of thioether (sulfide) groups is 1. The van der Waals surface area contributed by atoms with Gasteiger partial charge < -0.3 is 15.2 Å². The zero-order chi connectivity index (χ0) is 25.8. The normalized spacial score (nSPS) is 15.3. The van der Waals surface area contributed by atoms with Gasteiger partial charge in [-0.25, -0.2) is 4.99 Å². The molecular weight excluding hydrogens is 484 g/mol. The third kappa shape index (κ3) is 6.08. The Morgan fingerprint density at radius 1 is 0.973 bits per heavy atom. The highest BCUT2D eigenvalue weighted by molar-refractivity contribution is 8.18. The van der Waals surface area contributed by atoms with Crippen LogP contribution in [0.2, 0.25) is 0 Å². The topological polar surface area (TPSA) is 88.0 Å². The Morgan fingerprint density at radius 3 is 2.35 bits per heavy atom. The number of carbonyl (C=O) groups is 2. The molecule has 0 spiro atoms. The molecular formula is C30H24N2O4S. The van der Waals surface area contributed by atoms with Crippen molar-refractivity contribution < 1.29 is 19.4 Å². The van der Waals surface area contributed by atoms with Crippen LogP contribution in [0.15, 0.2) is 94.8 Å². The molecule has 184 valence electrons. The maximum atomic E-state index is 12.8. The molecule has 7 heteroatoms. The van der Waals surface area contributed by atoms with E-state index in [0.29, 0.717) is 33.7 Å². The number of benzene rings is 4. The number of amidine groups is 1. The summed E-state index contributed by atoms with van der Waals surface area (Å²) in [7, 11) is 0. The Hall–Kier alpha value is -4.36. The number of hydrogen-bond acceptors (Lipinski definition) is 5. The summed E-state index contributed by atoms with van der Waals surface area (Å²) in [6.07, 6.45) is 1.78. The molecule has 5 rings (SSSR count). The van der Waals surface area contributed by atoms with Gasteiger partial charge in [-0.2, -0.15) is 0 Å². The molecule has 1 amide bonds. The van der Waals surface area contributed by atoms with Crippen molar-refractivity contribution in [1.29, 1.82) is 0 Å². The Kier molecular flexibility index (Phi) is 7.05. The van der Waals surface area contributed by atoms with Crippen LogP contribution in [0.5, 0.6) is 5.75 Å². The van der Waals surface area contributed by atoms with Crippen LogP contribution in [-0.2, 0) is 22.6 Å².